The van der Waals surface area contributed by atoms with E-state index in [1.807, 2.05) is 41.9 Å². The average molecular weight is 237 g/mol. The Morgan fingerprint density at radius 3 is 2.61 bits per heavy atom. The predicted octanol–water partition coefficient (Wildman–Crippen LogP) is 3.22. The van der Waals surface area contributed by atoms with Crippen LogP contribution >= 0.6 is 0 Å². The molecule has 3 aromatic rings. The van der Waals surface area contributed by atoms with Crippen LogP contribution in [0, 0.1) is 13.8 Å². The van der Waals surface area contributed by atoms with Crippen molar-refractivity contribution in [2.45, 2.75) is 13.8 Å². The maximum atomic E-state index is 5.79. The van der Waals surface area contributed by atoms with Crippen LogP contribution in [0.2, 0.25) is 0 Å². The van der Waals surface area contributed by atoms with E-state index in [1.54, 1.807) is 0 Å². The quantitative estimate of drug-likeness (QED) is 0.660. The van der Waals surface area contributed by atoms with Gasteiger partial charge < -0.3 is 5.73 Å². The van der Waals surface area contributed by atoms with Gasteiger partial charge in [0.25, 0.3) is 0 Å². The minimum absolute atomic E-state index is 0.782. The molecular formula is C15H15N3. The summed E-state index contributed by atoms with van der Waals surface area (Å²) < 4.78 is 1.99. The zero-order valence-corrected chi connectivity index (χ0v) is 10.5. The monoisotopic (exact) mass is 237 g/mol. The SMILES string of the molecule is Cc1cc(N)ccc1-n1nc(C)c2ccccc21. The Bertz CT molecular complexity index is 726. The normalized spacial score (nSPS) is 11.0. The average Bonchev–Trinajstić information content (AvgIpc) is 2.68. The molecule has 2 aromatic carbocycles. The highest BCUT2D eigenvalue weighted by molar-refractivity contribution is 5.83. The summed E-state index contributed by atoms with van der Waals surface area (Å²) in [4.78, 5) is 0. The van der Waals surface area contributed by atoms with Gasteiger partial charge in [0.05, 0.1) is 16.9 Å². The van der Waals surface area contributed by atoms with Crippen molar-refractivity contribution in [3.63, 3.8) is 0 Å². The van der Waals surface area contributed by atoms with Gasteiger partial charge in [0.1, 0.15) is 0 Å². The third-order valence-electron chi connectivity index (χ3n) is 3.22. The third-order valence-corrected chi connectivity index (χ3v) is 3.22. The molecule has 0 aliphatic carbocycles. The van der Waals surface area contributed by atoms with E-state index >= 15 is 0 Å². The fourth-order valence-electron chi connectivity index (χ4n) is 2.32. The molecule has 3 nitrogen and oxygen atoms in total. The molecule has 0 saturated heterocycles. The Labute approximate surface area is 106 Å². The summed E-state index contributed by atoms with van der Waals surface area (Å²) in [5, 5.41) is 5.81. The molecule has 18 heavy (non-hydrogen) atoms. The van der Waals surface area contributed by atoms with Crippen molar-refractivity contribution in [2.75, 3.05) is 5.73 Å². The van der Waals surface area contributed by atoms with Crippen molar-refractivity contribution >= 4 is 16.6 Å². The first-order valence-corrected chi connectivity index (χ1v) is 5.97. The zero-order chi connectivity index (χ0) is 12.7. The molecule has 2 N–H and O–H groups in total. The van der Waals surface area contributed by atoms with Crippen molar-refractivity contribution in [1.82, 2.24) is 9.78 Å². The van der Waals surface area contributed by atoms with Crippen LogP contribution in [0.3, 0.4) is 0 Å². The van der Waals surface area contributed by atoms with Crippen molar-refractivity contribution in [3.8, 4) is 5.69 Å². The van der Waals surface area contributed by atoms with Gasteiger partial charge in [0.15, 0.2) is 0 Å². The van der Waals surface area contributed by atoms with Gasteiger partial charge in [-0.1, -0.05) is 18.2 Å². The molecule has 0 atom stereocenters. The van der Waals surface area contributed by atoms with Crippen LogP contribution < -0.4 is 5.73 Å². The molecule has 0 fully saturated rings. The topological polar surface area (TPSA) is 43.8 Å². The smallest absolute Gasteiger partial charge is 0.0744 e. The Kier molecular flexibility index (Phi) is 2.33. The molecule has 90 valence electrons. The van der Waals surface area contributed by atoms with E-state index < -0.39 is 0 Å². The number of hydrogen-bond donors (Lipinski definition) is 1. The number of hydrogen-bond acceptors (Lipinski definition) is 2. The first-order chi connectivity index (χ1) is 8.66. The number of nitrogen functional groups attached to an aromatic ring is 1. The number of fused-ring (bicyclic) bond motifs is 1. The standard InChI is InChI=1S/C15H15N3/c1-10-9-12(16)7-8-14(10)18-15-6-4-3-5-13(15)11(2)17-18/h3-9H,16H2,1-2H3. The minimum atomic E-state index is 0.782. The van der Waals surface area contributed by atoms with Gasteiger partial charge in [0, 0.05) is 11.1 Å². The summed E-state index contributed by atoms with van der Waals surface area (Å²) in [5.41, 5.74) is 11.0. The minimum Gasteiger partial charge on any atom is -0.399 e. The molecule has 3 heteroatoms. The number of nitrogens with two attached hydrogens (primary N) is 1. The lowest BCUT2D eigenvalue weighted by molar-refractivity contribution is 0.882. The van der Waals surface area contributed by atoms with Crippen molar-refractivity contribution in [3.05, 3.63) is 53.7 Å². The van der Waals surface area contributed by atoms with Gasteiger partial charge in [-0.05, 0) is 43.7 Å². The van der Waals surface area contributed by atoms with Crippen LogP contribution in [0.25, 0.3) is 16.6 Å². The predicted molar refractivity (Wildman–Crippen MR) is 75.0 cm³/mol. The second kappa shape index (κ2) is 3.88. The van der Waals surface area contributed by atoms with E-state index in [0.717, 1.165) is 28.1 Å². The first kappa shape index (κ1) is 10.8. The molecule has 1 aromatic heterocycles. The molecule has 3 rings (SSSR count). The van der Waals surface area contributed by atoms with Crippen LogP contribution in [-0.4, -0.2) is 9.78 Å². The lowest BCUT2D eigenvalue weighted by Gasteiger charge is -2.08. The third kappa shape index (κ3) is 1.56. The Morgan fingerprint density at radius 1 is 1.06 bits per heavy atom. The van der Waals surface area contributed by atoms with Crippen LogP contribution in [0.15, 0.2) is 42.5 Å². The van der Waals surface area contributed by atoms with E-state index in [0.29, 0.717) is 0 Å². The molecule has 1 heterocycles. The maximum Gasteiger partial charge on any atom is 0.0744 e. The lowest BCUT2D eigenvalue weighted by Crippen LogP contribution is -2.00. The van der Waals surface area contributed by atoms with Crippen LogP contribution in [0.5, 0.6) is 0 Å². The Balaban J connectivity index is 2.32. The second-order valence-electron chi connectivity index (χ2n) is 4.56. The molecule has 0 unspecified atom stereocenters. The zero-order valence-electron chi connectivity index (χ0n) is 10.5. The van der Waals surface area contributed by atoms with Gasteiger partial charge in [-0.15, -0.1) is 0 Å². The summed E-state index contributed by atoms with van der Waals surface area (Å²) in [6.07, 6.45) is 0. The van der Waals surface area contributed by atoms with Crippen molar-refractivity contribution in [1.29, 1.82) is 0 Å². The molecule has 0 aliphatic rings. The summed E-state index contributed by atoms with van der Waals surface area (Å²) in [6.45, 7) is 4.09. The molecule has 0 aliphatic heterocycles. The van der Waals surface area contributed by atoms with E-state index in [1.165, 1.54) is 5.39 Å². The summed E-state index contributed by atoms with van der Waals surface area (Å²) in [5.74, 6) is 0. The van der Waals surface area contributed by atoms with Gasteiger partial charge >= 0.3 is 0 Å². The Hall–Kier alpha value is -2.29. The van der Waals surface area contributed by atoms with E-state index in [2.05, 4.69) is 24.2 Å². The van der Waals surface area contributed by atoms with E-state index in [9.17, 15) is 0 Å². The number of aryl methyl sites for hydroxylation is 2. The summed E-state index contributed by atoms with van der Waals surface area (Å²) in [6, 6.07) is 14.2. The highest BCUT2D eigenvalue weighted by Crippen LogP contribution is 2.24. The number of benzene rings is 2. The fraction of sp³-hybridized carbons (Fsp3) is 0.133. The molecular weight excluding hydrogens is 222 g/mol. The molecule has 0 amide bonds. The lowest BCUT2D eigenvalue weighted by atomic mass is 10.1. The second-order valence-corrected chi connectivity index (χ2v) is 4.56. The van der Waals surface area contributed by atoms with Gasteiger partial charge in [-0.2, -0.15) is 5.10 Å². The fourth-order valence-corrected chi connectivity index (χ4v) is 2.32. The highest BCUT2D eigenvalue weighted by Gasteiger charge is 2.09. The number of anilines is 1. The summed E-state index contributed by atoms with van der Waals surface area (Å²) in [7, 11) is 0. The van der Waals surface area contributed by atoms with E-state index in [-0.39, 0.29) is 0 Å². The van der Waals surface area contributed by atoms with E-state index in [4.69, 9.17) is 5.73 Å². The van der Waals surface area contributed by atoms with Gasteiger partial charge in [0.2, 0.25) is 0 Å². The van der Waals surface area contributed by atoms with Crippen LogP contribution in [0.1, 0.15) is 11.3 Å². The van der Waals surface area contributed by atoms with Gasteiger partial charge in [-0.25, -0.2) is 4.68 Å². The molecule has 0 saturated carbocycles. The van der Waals surface area contributed by atoms with Crippen molar-refractivity contribution < 1.29 is 0 Å². The molecule has 0 bridgehead atoms. The highest BCUT2D eigenvalue weighted by atomic mass is 15.3. The molecule has 0 radical (unpaired) electrons. The number of rotatable bonds is 1. The van der Waals surface area contributed by atoms with Gasteiger partial charge in [-0.3, -0.25) is 0 Å². The number of aromatic nitrogens is 2. The Morgan fingerprint density at radius 2 is 1.83 bits per heavy atom. The van der Waals surface area contributed by atoms with Crippen molar-refractivity contribution in [2.24, 2.45) is 0 Å². The maximum absolute atomic E-state index is 5.79. The number of nitrogens with zero attached hydrogens (tertiary/aromatic N) is 2. The molecule has 0 spiro atoms. The number of para-hydroxylation sites is 1. The first-order valence-electron chi connectivity index (χ1n) is 5.97. The summed E-state index contributed by atoms with van der Waals surface area (Å²) >= 11 is 0. The van der Waals surface area contributed by atoms with Crippen LogP contribution in [-0.2, 0) is 0 Å². The largest absolute Gasteiger partial charge is 0.399 e. The van der Waals surface area contributed by atoms with Crippen LogP contribution in [0.4, 0.5) is 5.69 Å².